The summed E-state index contributed by atoms with van der Waals surface area (Å²) in [5.74, 6) is 1.27. The molecule has 0 radical (unpaired) electrons. The van der Waals surface area contributed by atoms with Crippen molar-refractivity contribution in [2.75, 3.05) is 6.61 Å². The number of carbonyl (C=O) groups excluding carboxylic acids is 1. The molecule has 3 rings (SSSR count). The van der Waals surface area contributed by atoms with Crippen molar-refractivity contribution < 1.29 is 13.9 Å². The van der Waals surface area contributed by atoms with Gasteiger partial charge in [-0.2, -0.15) is 5.10 Å². The van der Waals surface area contributed by atoms with Crippen LogP contribution >= 0.6 is 0 Å². The molecule has 1 N–H and O–H groups in total. The van der Waals surface area contributed by atoms with E-state index in [2.05, 4.69) is 17.5 Å². The molecule has 2 aromatic carbocycles. The van der Waals surface area contributed by atoms with Crippen LogP contribution in [0.2, 0.25) is 0 Å². The molecule has 0 aliphatic carbocycles. The molecule has 0 spiro atoms. The monoisotopic (exact) mass is 336 g/mol. The highest BCUT2D eigenvalue weighted by Crippen LogP contribution is 2.26. The van der Waals surface area contributed by atoms with Crippen LogP contribution in [-0.2, 0) is 0 Å². The summed E-state index contributed by atoms with van der Waals surface area (Å²) in [4.78, 5) is 12.0. The van der Waals surface area contributed by atoms with Gasteiger partial charge < -0.3 is 9.15 Å². The number of hydrazone groups is 1. The number of hydrogen-bond acceptors (Lipinski definition) is 4. The highest BCUT2D eigenvalue weighted by molar-refractivity contribution is 6.03. The number of aryl methyl sites for hydroxylation is 1. The van der Waals surface area contributed by atoms with Crippen LogP contribution in [0.25, 0.3) is 10.8 Å². The van der Waals surface area contributed by atoms with Crippen LogP contribution < -0.4 is 10.2 Å². The van der Waals surface area contributed by atoms with Crippen molar-refractivity contribution in [1.82, 2.24) is 5.43 Å². The van der Waals surface area contributed by atoms with Crippen molar-refractivity contribution in [2.24, 2.45) is 5.10 Å². The Kier molecular flexibility index (Phi) is 5.14. The van der Waals surface area contributed by atoms with Gasteiger partial charge in [-0.1, -0.05) is 37.3 Å². The highest BCUT2D eigenvalue weighted by Gasteiger charge is 2.10. The number of nitrogens with zero attached hydrogens (tertiary/aromatic N) is 1. The van der Waals surface area contributed by atoms with Crippen LogP contribution in [0, 0.1) is 6.92 Å². The van der Waals surface area contributed by atoms with Gasteiger partial charge in [0, 0.05) is 5.56 Å². The fraction of sp³-hybridized carbons (Fsp3) is 0.200. The normalized spacial score (nSPS) is 11.1. The van der Waals surface area contributed by atoms with Gasteiger partial charge in [-0.05, 0) is 42.3 Å². The van der Waals surface area contributed by atoms with Crippen LogP contribution in [0.15, 0.2) is 58.0 Å². The van der Waals surface area contributed by atoms with E-state index in [0.717, 1.165) is 28.5 Å². The second-order valence-electron chi connectivity index (χ2n) is 5.66. The van der Waals surface area contributed by atoms with Gasteiger partial charge in [0.05, 0.1) is 12.8 Å². The lowest BCUT2D eigenvalue weighted by Crippen LogP contribution is -2.16. The molecule has 0 saturated heterocycles. The minimum atomic E-state index is -0.388. The zero-order chi connectivity index (χ0) is 17.6. The zero-order valence-electron chi connectivity index (χ0n) is 14.3. The van der Waals surface area contributed by atoms with Gasteiger partial charge in [0.1, 0.15) is 11.5 Å². The molecule has 0 aliphatic heterocycles. The molecule has 1 heterocycles. The molecule has 5 nitrogen and oxygen atoms in total. The van der Waals surface area contributed by atoms with Crippen molar-refractivity contribution >= 4 is 22.9 Å². The Morgan fingerprint density at radius 1 is 1.20 bits per heavy atom. The number of ether oxygens (including phenoxy) is 1. The predicted octanol–water partition coefficient (Wildman–Crippen LogP) is 4.29. The summed E-state index contributed by atoms with van der Waals surface area (Å²) in [5, 5.41) is 6.18. The molecule has 25 heavy (non-hydrogen) atoms. The minimum absolute atomic E-state index is 0.232. The summed E-state index contributed by atoms with van der Waals surface area (Å²) in [6.45, 7) is 4.46. The van der Waals surface area contributed by atoms with Gasteiger partial charge in [0.2, 0.25) is 0 Å². The van der Waals surface area contributed by atoms with Crippen LogP contribution in [0.3, 0.4) is 0 Å². The molecular formula is C20H20N2O3. The lowest BCUT2D eigenvalue weighted by Gasteiger charge is -2.11. The second-order valence-corrected chi connectivity index (χ2v) is 5.66. The van der Waals surface area contributed by atoms with Gasteiger partial charge >= 0.3 is 5.91 Å². The fourth-order valence-corrected chi connectivity index (χ4v) is 2.51. The van der Waals surface area contributed by atoms with Crippen molar-refractivity contribution in [3.05, 3.63) is 65.6 Å². The molecule has 0 bridgehead atoms. The number of rotatable bonds is 6. The molecule has 0 aliphatic rings. The summed E-state index contributed by atoms with van der Waals surface area (Å²) in [6, 6.07) is 15.3. The van der Waals surface area contributed by atoms with Crippen molar-refractivity contribution in [1.29, 1.82) is 0 Å². The van der Waals surface area contributed by atoms with E-state index in [-0.39, 0.29) is 11.7 Å². The van der Waals surface area contributed by atoms with E-state index < -0.39 is 0 Å². The van der Waals surface area contributed by atoms with E-state index >= 15 is 0 Å². The van der Waals surface area contributed by atoms with E-state index in [1.807, 2.05) is 36.4 Å². The highest BCUT2D eigenvalue weighted by atomic mass is 16.5. The molecule has 1 aromatic heterocycles. The third kappa shape index (κ3) is 3.88. The van der Waals surface area contributed by atoms with E-state index in [0.29, 0.717) is 12.4 Å². The second kappa shape index (κ2) is 7.66. The number of benzene rings is 2. The summed E-state index contributed by atoms with van der Waals surface area (Å²) >= 11 is 0. The Balaban J connectivity index is 1.86. The van der Waals surface area contributed by atoms with Gasteiger partial charge in [0.25, 0.3) is 0 Å². The first kappa shape index (κ1) is 16.8. The molecular weight excluding hydrogens is 316 g/mol. The fourth-order valence-electron chi connectivity index (χ4n) is 2.51. The summed E-state index contributed by atoms with van der Waals surface area (Å²) in [6.07, 6.45) is 2.53. The van der Waals surface area contributed by atoms with Crippen molar-refractivity contribution in [2.45, 2.75) is 20.3 Å². The number of amides is 1. The number of fused-ring (bicyclic) bond motifs is 1. The molecule has 0 saturated carbocycles. The molecule has 128 valence electrons. The van der Waals surface area contributed by atoms with Crippen molar-refractivity contribution in [3.8, 4) is 5.75 Å². The molecule has 3 aromatic rings. The molecule has 1 amide bonds. The molecule has 0 fully saturated rings. The molecule has 0 unspecified atom stereocenters. The topological polar surface area (TPSA) is 63.8 Å². The average molecular weight is 336 g/mol. The summed E-state index contributed by atoms with van der Waals surface area (Å²) < 4.78 is 11.1. The Morgan fingerprint density at radius 2 is 2.04 bits per heavy atom. The Hall–Kier alpha value is -3.08. The average Bonchev–Trinajstić information content (AvgIpc) is 3.07. The standard InChI is InChI=1S/C20H20N2O3/c1-3-12-24-18-11-9-15-6-4-5-7-16(15)17(18)13-21-22-20(23)19-10-8-14(2)25-19/h4-11,13H,3,12H2,1-2H3,(H,22,23)/b21-13-. The van der Waals surface area contributed by atoms with E-state index in [9.17, 15) is 4.79 Å². The quantitative estimate of drug-likeness (QED) is 0.539. The zero-order valence-corrected chi connectivity index (χ0v) is 14.3. The van der Waals surface area contributed by atoms with E-state index in [1.54, 1.807) is 25.3 Å². The van der Waals surface area contributed by atoms with Crippen molar-refractivity contribution in [3.63, 3.8) is 0 Å². The first-order valence-corrected chi connectivity index (χ1v) is 8.23. The van der Waals surface area contributed by atoms with E-state index in [1.165, 1.54) is 0 Å². The van der Waals surface area contributed by atoms with Crippen LogP contribution in [0.5, 0.6) is 5.75 Å². The first-order chi connectivity index (χ1) is 12.2. The Morgan fingerprint density at radius 3 is 2.80 bits per heavy atom. The largest absolute Gasteiger partial charge is 0.493 e. The summed E-state index contributed by atoms with van der Waals surface area (Å²) in [7, 11) is 0. The van der Waals surface area contributed by atoms with Gasteiger partial charge in [-0.15, -0.1) is 0 Å². The first-order valence-electron chi connectivity index (χ1n) is 8.23. The SMILES string of the molecule is CCCOc1ccc2ccccc2c1/C=N\NC(=O)c1ccc(C)o1. The van der Waals surface area contributed by atoms with Gasteiger partial charge in [-0.25, -0.2) is 5.43 Å². The van der Waals surface area contributed by atoms with Crippen LogP contribution in [0.4, 0.5) is 0 Å². The van der Waals surface area contributed by atoms with Crippen LogP contribution in [-0.4, -0.2) is 18.7 Å². The number of furan rings is 1. The van der Waals surface area contributed by atoms with Gasteiger partial charge in [0.15, 0.2) is 5.76 Å². The molecule has 0 atom stereocenters. The summed E-state index contributed by atoms with van der Waals surface area (Å²) in [5.41, 5.74) is 3.33. The maximum absolute atomic E-state index is 12.0. The number of nitrogens with one attached hydrogen (secondary N) is 1. The Bertz CT molecular complexity index is 912. The van der Waals surface area contributed by atoms with Gasteiger partial charge in [-0.3, -0.25) is 4.79 Å². The third-order valence-electron chi connectivity index (χ3n) is 3.72. The number of hydrogen-bond donors (Lipinski definition) is 1. The number of carbonyl (C=O) groups is 1. The lowest BCUT2D eigenvalue weighted by atomic mass is 10.0. The molecule has 5 heteroatoms. The Labute approximate surface area is 146 Å². The predicted molar refractivity (Wildman–Crippen MR) is 98.2 cm³/mol. The maximum atomic E-state index is 12.0. The third-order valence-corrected chi connectivity index (χ3v) is 3.72. The van der Waals surface area contributed by atoms with Crippen LogP contribution in [0.1, 0.15) is 35.2 Å². The maximum Gasteiger partial charge on any atom is 0.307 e. The minimum Gasteiger partial charge on any atom is -0.493 e. The smallest absolute Gasteiger partial charge is 0.307 e. The van der Waals surface area contributed by atoms with E-state index in [4.69, 9.17) is 9.15 Å². The lowest BCUT2D eigenvalue weighted by molar-refractivity contribution is 0.0926.